The Hall–Kier alpha value is -2.51. The number of rotatable bonds is 8. The van der Waals surface area contributed by atoms with E-state index in [0.717, 1.165) is 24.0 Å². The van der Waals surface area contributed by atoms with Crippen LogP contribution in [0.15, 0.2) is 47.4 Å². The minimum Gasteiger partial charge on any atom is -0.326 e. The molecule has 2 aromatic rings. The van der Waals surface area contributed by atoms with Gasteiger partial charge in [-0.3, -0.25) is 9.59 Å². The van der Waals surface area contributed by atoms with Gasteiger partial charge in [0.1, 0.15) is 0 Å². The van der Waals surface area contributed by atoms with Gasteiger partial charge >= 0.3 is 0 Å². The van der Waals surface area contributed by atoms with Gasteiger partial charge < -0.3 is 5.32 Å². The predicted octanol–water partition coefficient (Wildman–Crippen LogP) is 3.35. The van der Waals surface area contributed by atoms with Crippen molar-refractivity contribution in [2.24, 2.45) is 0 Å². The first-order valence-corrected chi connectivity index (χ1v) is 10.8. The van der Waals surface area contributed by atoms with Gasteiger partial charge in [-0.05, 0) is 56.5 Å². The molecule has 2 aromatic carbocycles. The average molecular weight is 401 g/mol. The lowest BCUT2D eigenvalue weighted by atomic mass is 9.99. The molecule has 0 unspecified atom stereocenters. The van der Waals surface area contributed by atoms with Crippen molar-refractivity contribution in [2.75, 3.05) is 5.32 Å². The van der Waals surface area contributed by atoms with E-state index in [0.29, 0.717) is 11.3 Å². The lowest BCUT2D eigenvalue weighted by Crippen LogP contribution is -2.25. The second kappa shape index (κ2) is 8.24. The first kappa shape index (κ1) is 20.2. The second-order valence-electron chi connectivity index (χ2n) is 7.21. The number of hydrogen-bond acceptors (Lipinski definition) is 4. The van der Waals surface area contributed by atoms with Gasteiger partial charge in [0.15, 0.2) is 5.78 Å². The molecule has 2 N–H and O–H groups in total. The molecule has 0 aromatic heterocycles. The summed E-state index contributed by atoms with van der Waals surface area (Å²) in [6, 6.07) is 11.8. The van der Waals surface area contributed by atoms with Crippen LogP contribution in [-0.4, -0.2) is 26.2 Å². The second-order valence-corrected chi connectivity index (χ2v) is 8.93. The van der Waals surface area contributed by atoms with E-state index in [4.69, 9.17) is 0 Å². The topological polar surface area (TPSA) is 92.3 Å². The molecule has 1 saturated carbocycles. The number of anilines is 1. The average Bonchev–Trinajstić information content (AvgIpc) is 3.45. The van der Waals surface area contributed by atoms with Gasteiger partial charge in [-0.25, -0.2) is 13.1 Å². The van der Waals surface area contributed by atoms with Crippen molar-refractivity contribution in [1.82, 2.24) is 4.72 Å². The number of carbonyl (C=O) groups excluding carboxylic acids is 2. The summed E-state index contributed by atoms with van der Waals surface area (Å²) in [5, 5.41) is 2.67. The standard InChI is InChI=1S/C21H24N2O4S/c1-14-6-7-15(2)19(12-14)20(24)10-11-21(25)22-17-4-3-5-18(13-17)28(26,27)23-16-8-9-16/h3-7,12-13,16,23H,8-11H2,1-2H3,(H,22,25). The Labute approximate surface area is 165 Å². The molecule has 0 heterocycles. The van der Waals surface area contributed by atoms with Crippen LogP contribution in [0.3, 0.4) is 0 Å². The summed E-state index contributed by atoms with van der Waals surface area (Å²) in [5.41, 5.74) is 2.91. The Morgan fingerprint density at radius 2 is 1.79 bits per heavy atom. The number of amides is 1. The highest BCUT2D eigenvalue weighted by Gasteiger charge is 2.28. The summed E-state index contributed by atoms with van der Waals surface area (Å²) in [5.74, 6) is -0.412. The molecule has 0 bridgehead atoms. The van der Waals surface area contributed by atoms with E-state index in [1.54, 1.807) is 12.1 Å². The largest absolute Gasteiger partial charge is 0.326 e. The first-order chi connectivity index (χ1) is 13.2. The zero-order valence-corrected chi connectivity index (χ0v) is 16.8. The van der Waals surface area contributed by atoms with Crippen molar-refractivity contribution in [2.45, 2.75) is 50.5 Å². The Kier molecular flexibility index (Phi) is 5.96. The highest BCUT2D eigenvalue weighted by Crippen LogP contribution is 2.23. The first-order valence-electron chi connectivity index (χ1n) is 9.27. The number of ketones is 1. The molecule has 6 nitrogen and oxygen atoms in total. The SMILES string of the molecule is Cc1ccc(C)c(C(=O)CCC(=O)Nc2cccc(S(=O)(=O)NC3CC3)c2)c1. The molecule has 148 valence electrons. The molecule has 0 radical (unpaired) electrons. The predicted molar refractivity (Wildman–Crippen MR) is 108 cm³/mol. The van der Waals surface area contributed by atoms with E-state index in [1.165, 1.54) is 12.1 Å². The van der Waals surface area contributed by atoms with Crippen LogP contribution in [0.1, 0.15) is 47.2 Å². The minimum absolute atomic E-state index is 0.0133. The fourth-order valence-electron chi connectivity index (χ4n) is 2.85. The molecule has 0 atom stereocenters. The van der Waals surface area contributed by atoms with Crippen LogP contribution in [0.25, 0.3) is 0 Å². The zero-order chi connectivity index (χ0) is 20.3. The lowest BCUT2D eigenvalue weighted by Gasteiger charge is -2.09. The lowest BCUT2D eigenvalue weighted by molar-refractivity contribution is -0.116. The van der Waals surface area contributed by atoms with Crippen LogP contribution in [0.4, 0.5) is 5.69 Å². The monoisotopic (exact) mass is 400 g/mol. The Balaban J connectivity index is 1.59. The molecule has 7 heteroatoms. The van der Waals surface area contributed by atoms with Gasteiger partial charge in [0.2, 0.25) is 15.9 Å². The summed E-state index contributed by atoms with van der Waals surface area (Å²) in [6.07, 6.45) is 1.83. The van der Waals surface area contributed by atoms with Crippen molar-refractivity contribution in [3.05, 3.63) is 59.2 Å². The van der Waals surface area contributed by atoms with Gasteiger partial charge in [0.05, 0.1) is 4.90 Å². The van der Waals surface area contributed by atoms with Crippen LogP contribution < -0.4 is 10.0 Å². The van der Waals surface area contributed by atoms with Crippen molar-refractivity contribution in [3.8, 4) is 0 Å². The maximum atomic E-state index is 12.4. The number of sulfonamides is 1. The molecule has 0 aliphatic heterocycles. The highest BCUT2D eigenvalue weighted by molar-refractivity contribution is 7.89. The number of nitrogens with one attached hydrogen (secondary N) is 2. The van der Waals surface area contributed by atoms with Gasteiger partial charge in [-0.2, -0.15) is 0 Å². The van der Waals surface area contributed by atoms with Crippen LogP contribution >= 0.6 is 0 Å². The summed E-state index contributed by atoms with van der Waals surface area (Å²) in [4.78, 5) is 24.7. The minimum atomic E-state index is -3.58. The zero-order valence-electron chi connectivity index (χ0n) is 16.0. The van der Waals surface area contributed by atoms with Gasteiger partial charge in [-0.1, -0.05) is 23.8 Å². The molecule has 0 saturated heterocycles. The molecular formula is C21H24N2O4S. The van der Waals surface area contributed by atoms with Gasteiger partial charge in [0, 0.05) is 30.1 Å². The molecule has 0 spiro atoms. The highest BCUT2D eigenvalue weighted by atomic mass is 32.2. The number of carbonyl (C=O) groups is 2. The molecule has 1 amide bonds. The normalized spacial score (nSPS) is 13.9. The van der Waals surface area contributed by atoms with E-state index in [-0.39, 0.29) is 35.5 Å². The third-order valence-corrected chi connectivity index (χ3v) is 6.12. The van der Waals surface area contributed by atoms with Crippen LogP contribution in [0, 0.1) is 13.8 Å². The van der Waals surface area contributed by atoms with Crippen LogP contribution in [0.5, 0.6) is 0 Å². The van der Waals surface area contributed by atoms with Crippen molar-refractivity contribution >= 4 is 27.4 Å². The summed E-state index contributed by atoms with van der Waals surface area (Å²) in [6.45, 7) is 3.79. The van der Waals surface area contributed by atoms with E-state index < -0.39 is 10.0 Å². The molecule has 1 aliphatic carbocycles. The number of aryl methyl sites for hydroxylation is 2. The number of hydrogen-bond donors (Lipinski definition) is 2. The molecule has 1 fully saturated rings. The maximum Gasteiger partial charge on any atom is 0.240 e. The Morgan fingerprint density at radius 1 is 1.04 bits per heavy atom. The quantitative estimate of drug-likeness (QED) is 0.665. The Bertz CT molecular complexity index is 1010. The molecule has 28 heavy (non-hydrogen) atoms. The van der Waals surface area contributed by atoms with Crippen LogP contribution in [0.2, 0.25) is 0 Å². The smallest absolute Gasteiger partial charge is 0.240 e. The van der Waals surface area contributed by atoms with E-state index >= 15 is 0 Å². The number of benzene rings is 2. The molecule has 3 rings (SSSR count). The van der Waals surface area contributed by atoms with E-state index in [2.05, 4.69) is 10.0 Å². The van der Waals surface area contributed by atoms with Crippen molar-refractivity contribution < 1.29 is 18.0 Å². The van der Waals surface area contributed by atoms with Crippen molar-refractivity contribution in [3.63, 3.8) is 0 Å². The van der Waals surface area contributed by atoms with E-state index in [9.17, 15) is 18.0 Å². The van der Waals surface area contributed by atoms with Gasteiger partial charge in [0.25, 0.3) is 0 Å². The molecular weight excluding hydrogens is 376 g/mol. The third kappa shape index (κ3) is 5.27. The van der Waals surface area contributed by atoms with Crippen molar-refractivity contribution in [1.29, 1.82) is 0 Å². The van der Waals surface area contributed by atoms with Crippen LogP contribution in [-0.2, 0) is 14.8 Å². The fourth-order valence-corrected chi connectivity index (χ4v) is 4.20. The summed E-state index contributed by atoms with van der Waals surface area (Å²) >= 11 is 0. The summed E-state index contributed by atoms with van der Waals surface area (Å²) in [7, 11) is -3.58. The number of Topliss-reactive ketones (excluding diaryl/α,β-unsaturated/α-hetero) is 1. The fraction of sp³-hybridized carbons (Fsp3) is 0.333. The summed E-state index contributed by atoms with van der Waals surface area (Å²) < 4.78 is 27.2. The Morgan fingerprint density at radius 3 is 2.50 bits per heavy atom. The maximum absolute atomic E-state index is 12.4. The third-order valence-electron chi connectivity index (χ3n) is 4.60. The van der Waals surface area contributed by atoms with E-state index in [1.807, 2.05) is 32.0 Å². The van der Waals surface area contributed by atoms with Gasteiger partial charge in [-0.15, -0.1) is 0 Å². The molecule has 1 aliphatic rings.